The molecule has 1 atom stereocenters. The van der Waals surface area contributed by atoms with Crippen molar-refractivity contribution in [3.8, 4) is 0 Å². The number of rotatable bonds is 5. The third kappa shape index (κ3) is 3.02. The highest BCUT2D eigenvalue weighted by Gasteiger charge is 2.36. The minimum atomic E-state index is -1.08. The SMILES string of the molecule is CN1C=CC=C(C(O)(CCC2CC2)c2ccc(F)c(N)c2)C1. The van der Waals surface area contributed by atoms with Gasteiger partial charge in [-0.3, -0.25) is 0 Å². The van der Waals surface area contributed by atoms with Crippen molar-refractivity contribution >= 4 is 5.69 Å². The molecule has 0 saturated heterocycles. The summed E-state index contributed by atoms with van der Waals surface area (Å²) in [4.78, 5) is 2.03. The summed E-state index contributed by atoms with van der Waals surface area (Å²) in [7, 11) is 1.98. The summed E-state index contributed by atoms with van der Waals surface area (Å²) in [5, 5.41) is 11.4. The van der Waals surface area contributed by atoms with Crippen LogP contribution in [0.15, 0.2) is 42.1 Å². The second kappa shape index (κ2) is 5.76. The van der Waals surface area contributed by atoms with Gasteiger partial charge in [0.05, 0.1) is 5.69 Å². The first-order valence-corrected chi connectivity index (χ1v) is 7.85. The summed E-state index contributed by atoms with van der Waals surface area (Å²) in [6, 6.07) is 4.56. The van der Waals surface area contributed by atoms with Gasteiger partial charge in [0, 0.05) is 13.6 Å². The lowest BCUT2D eigenvalue weighted by Gasteiger charge is -2.35. The van der Waals surface area contributed by atoms with Crippen LogP contribution in [-0.4, -0.2) is 23.6 Å². The highest BCUT2D eigenvalue weighted by atomic mass is 19.1. The predicted molar refractivity (Wildman–Crippen MR) is 86.5 cm³/mol. The Hall–Kier alpha value is -1.81. The minimum absolute atomic E-state index is 0.0858. The molecule has 3 nitrogen and oxygen atoms in total. The van der Waals surface area contributed by atoms with E-state index >= 15 is 0 Å². The van der Waals surface area contributed by atoms with Crippen LogP contribution in [0.4, 0.5) is 10.1 Å². The first kappa shape index (κ1) is 15.1. The van der Waals surface area contributed by atoms with Gasteiger partial charge in [-0.1, -0.05) is 25.0 Å². The van der Waals surface area contributed by atoms with Crippen molar-refractivity contribution in [3.05, 3.63) is 53.5 Å². The van der Waals surface area contributed by atoms with E-state index in [0.29, 0.717) is 18.5 Å². The maximum atomic E-state index is 13.5. The van der Waals surface area contributed by atoms with Crippen LogP contribution in [0.2, 0.25) is 0 Å². The summed E-state index contributed by atoms with van der Waals surface area (Å²) < 4.78 is 13.5. The molecule has 4 heteroatoms. The molecule has 1 aliphatic carbocycles. The van der Waals surface area contributed by atoms with E-state index in [2.05, 4.69) is 0 Å². The fourth-order valence-corrected chi connectivity index (χ4v) is 3.06. The average molecular weight is 302 g/mol. The number of benzene rings is 1. The molecule has 0 bridgehead atoms. The Kier molecular flexibility index (Phi) is 3.96. The Balaban J connectivity index is 1.95. The van der Waals surface area contributed by atoms with E-state index in [1.165, 1.54) is 18.9 Å². The largest absolute Gasteiger partial charge is 0.396 e. The monoisotopic (exact) mass is 302 g/mol. The molecule has 0 radical (unpaired) electrons. The van der Waals surface area contributed by atoms with Gasteiger partial charge in [0.15, 0.2) is 0 Å². The Labute approximate surface area is 130 Å². The Morgan fingerprint density at radius 3 is 2.82 bits per heavy atom. The average Bonchev–Trinajstić information content (AvgIpc) is 3.32. The molecule has 3 rings (SSSR count). The fraction of sp³-hybridized carbons (Fsp3) is 0.444. The number of anilines is 1. The molecule has 0 spiro atoms. The first-order valence-electron chi connectivity index (χ1n) is 7.85. The maximum Gasteiger partial charge on any atom is 0.146 e. The third-order valence-corrected chi connectivity index (χ3v) is 4.67. The van der Waals surface area contributed by atoms with Crippen molar-refractivity contribution in [2.75, 3.05) is 19.3 Å². The van der Waals surface area contributed by atoms with Gasteiger partial charge in [0.2, 0.25) is 0 Å². The number of nitrogens with zero attached hydrogens (tertiary/aromatic N) is 1. The molecular weight excluding hydrogens is 279 g/mol. The number of nitrogens with two attached hydrogens (primary N) is 1. The summed E-state index contributed by atoms with van der Waals surface area (Å²) >= 11 is 0. The van der Waals surface area contributed by atoms with Crippen LogP contribution in [-0.2, 0) is 5.60 Å². The highest BCUT2D eigenvalue weighted by molar-refractivity contribution is 5.47. The molecule has 1 aromatic rings. The molecule has 1 fully saturated rings. The van der Waals surface area contributed by atoms with Crippen molar-refractivity contribution in [2.24, 2.45) is 5.92 Å². The van der Waals surface area contributed by atoms with E-state index < -0.39 is 11.4 Å². The van der Waals surface area contributed by atoms with Gasteiger partial charge in [-0.05, 0) is 54.3 Å². The molecule has 1 saturated carbocycles. The summed E-state index contributed by atoms with van der Waals surface area (Å²) in [5.74, 6) is 0.282. The lowest BCUT2D eigenvalue weighted by Crippen LogP contribution is -2.35. The topological polar surface area (TPSA) is 49.5 Å². The number of hydrogen-bond acceptors (Lipinski definition) is 3. The van der Waals surface area contributed by atoms with Crippen molar-refractivity contribution in [3.63, 3.8) is 0 Å². The van der Waals surface area contributed by atoms with Crippen molar-refractivity contribution in [1.82, 2.24) is 4.90 Å². The molecule has 0 amide bonds. The van der Waals surface area contributed by atoms with Gasteiger partial charge in [0.25, 0.3) is 0 Å². The van der Waals surface area contributed by atoms with Crippen LogP contribution >= 0.6 is 0 Å². The Morgan fingerprint density at radius 2 is 2.18 bits per heavy atom. The van der Waals surface area contributed by atoms with E-state index in [0.717, 1.165) is 17.9 Å². The van der Waals surface area contributed by atoms with Gasteiger partial charge in [0.1, 0.15) is 11.4 Å². The van der Waals surface area contributed by atoms with E-state index in [1.54, 1.807) is 12.1 Å². The Morgan fingerprint density at radius 1 is 1.41 bits per heavy atom. The van der Waals surface area contributed by atoms with Crippen LogP contribution in [0, 0.1) is 11.7 Å². The molecule has 1 unspecified atom stereocenters. The number of hydrogen-bond donors (Lipinski definition) is 2. The lowest BCUT2D eigenvalue weighted by molar-refractivity contribution is 0.0565. The zero-order valence-corrected chi connectivity index (χ0v) is 12.9. The first-order chi connectivity index (χ1) is 10.5. The second-order valence-corrected chi connectivity index (χ2v) is 6.53. The van der Waals surface area contributed by atoms with Gasteiger partial charge < -0.3 is 15.7 Å². The predicted octanol–water partition coefficient (Wildman–Crippen LogP) is 3.17. The number of halogens is 1. The van der Waals surface area contributed by atoms with Crippen molar-refractivity contribution in [1.29, 1.82) is 0 Å². The van der Waals surface area contributed by atoms with Crippen LogP contribution in [0.1, 0.15) is 31.2 Å². The van der Waals surface area contributed by atoms with E-state index in [-0.39, 0.29) is 5.69 Å². The molecule has 0 aromatic heterocycles. The zero-order chi connectivity index (χ0) is 15.7. The standard InChI is InChI=1S/C18H23FN2O/c1-21-10-2-3-15(12-21)18(22,9-8-13-4-5-13)14-6-7-16(19)17(20)11-14/h2-3,6-7,10-11,13,22H,4-5,8-9,12,20H2,1H3. The minimum Gasteiger partial charge on any atom is -0.396 e. The zero-order valence-electron chi connectivity index (χ0n) is 12.9. The Bertz CT molecular complexity index is 622. The van der Waals surface area contributed by atoms with E-state index in [1.807, 2.05) is 30.3 Å². The maximum absolute atomic E-state index is 13.5. The molecule has 2 aliphatic rings. The number of nitrogen functional groups attached to an aromatic ring is 1. The molecule has 1 aliphatic heterocycles. The number of likely N-dealkylation sites (N-methyl/N-ethyl adjacent to an activating group) is 1. The highest BCUT2D eigenvalue weighted by Crippen LogP contribution is 2.42. The van der Waals surface area contributed by atoms with Crippen molar-refractivity contribution in [2.45, 2.75) is 31.3 Å². The summed E-state index contributed by atoms with van der Waals surface area (Å²) in [6.07, 6.45) is 10.0. The smallest absolute Gasteiger partial charge is 0.146 e. The lowest BCUT2D eigenvalue weighted by atomic mass is 9.80. The van der Waals surface area contributed by atoms with Crippen LogP contribution in [0.5, 0.6) is 0 Å². The normalized spacial score (nSPS) is 20.7. The molecule has 22 heavy (non-hydrogen) atoms. The number of aliphatic hydroxyl groups is 1. The molecular formula is C18H23FN2O. The van der Waals surface area contributed by atoms with Crippen LogP contribution < -0.4 is 5.73 Å². The quantitative estimate of drug-likeness (QED) is 0.821. The summed E-state index contributed by atoms with van der Waals surface area (Å²) in [5.41, 5.74) is 6.34. The number of allylic oxidation sites excluding steroid dienone is 2. The van der Waals surface area contributed by atoms with Gasteiger partial charge in [-0.25, -0.2) is 4.39 Å². The van der Waals surface area contributed by atoms with E-state index in [9.17, 15) is 9.50 Å². The van der Waals surface area contributed by atoms with Crippen LogP contribution in [0.3, 0.4) is 0 Å². The molecule has 3 N–H and O–H groups in total. The molecule has 1 aromatic carbocycles. The van der Waals surface area contributed by atoms with Crippen molar-refractivity contribution < 1.29 is 9.50 Å². The molecule has 118 valence electrons. The second-order valence-electron chi connectivity index (χ2n) is 6.53. The van der Waals surface area contributed by atoms with Gasteiger partial charge in [-0.15, -0.1) is 0 Å². The fourth-order valence-electron chi connectivity index (χ4n) is 3.06. The van der Waals surface area contributed by atoms with Gasteiger partial charge >= 0.3 is 0 Å². The van der Waals surface area contributed by atoms with E-state index in [4.69, 9.17) is 5.73 Å². The third-order valence-electron chi connectivity index (χ3n) is 4.67. The summed E-state index contributed by atoms with van der Waals surface area (Å²) in [6.45, 7) is 0.662. The molecule has 1 heterocycles. The van der Waals surface area contributed by atoms with Gasteiger partial charge in [-0.2, -0.15) is 0 Å². The van der Waals surface area contributed by atoms with Crippen LogP contribution in [0.25, 0.3) is 0 Å².